The van der Waals surface area contributed by atoms with Gasteiger partial charge in [-0.15, -0.1) is 0 Å². The van der Waals surface area contributed by atoms with Crippen molar-refractivity contribution in [3.8, 4) is 5.75 Å². The van der Waals surface area contributed by atoms with Crippen LogP contribution in [0.3, 0.4) is 0 Å². The van der Waals surface area contributed by atoms with Gasteiger partial charge in [-0.05, 0) is 57.9 Å². The normalized spacial score (nSPS) is 32.5. The van der Waals surface area contributed by atoms with E-state index in [4.69, 9.17) is 0 Å². The van der Waals surface area contributed by atoms with Crippen molar-refractivity contribution in [3.63, 3.8) is 0 Å². The fraction of sp³-hybridized carbons (Fsp3) is 0.312. The van der Waals surface area contributed by atoms with Gasteiger partial charge in [-0.3, -0.25) is 9.59 Å². The highest BCUT2D eigenvalue weighted by Crippen LogP contribution is 2.52. The molecule has 112 valence electrons. The third-order valence-electron chi connectivity index (χ3n) is 4.74. The number of carbonyl (C=O) groups is 2. The topological polar surface area (TPSA) is 70.0 Å². The molecular formula is C16H13BrN2O3. The van der Waals surface area contributed by atoms with Crippen molar-refractivity contribution in [2.75, 3.05) is 0 Å². The quantitative estimate of drug-likeness (QED) is 0.499. The van der Waals surface area contributed by atoms with E-state index in [0.29, 0.717) is 10.0 Å². The molecule has 0 unspecified atom stereocenters. The number of halogens is 1. The van der Waals surface area contributed by atoms with Crippen LogP contribution in [0.15, 0.2) is 39.9 Å². The van der Waals surface area contributed by atoms with Crippen molar-refractivity contribution in [1.82, 2.24) is 5.01 Å². The SMILES string of the molecule is O=C1[C@@H]2[C@H](C(=O)N1/N=C/c1ccc(O)c(Br)c1)[C@H]1C=C[C@H]2C1. The van der Waals surface area contributed by atoms with E-state index in [2.05, 4.69) is 33.2 Å². The molecular weight excluding hydrogens is 348 g/mol. The maximum Gasteiger partial charge on any atom is 0.254 e. The second-order valence-corrected chi connectivity index (χ2v) is 6.80. The lowest BCUT2D eigenvalue weighted by Crippen LogP contribution is -2.28. The largest absolute Gasteiger partial charge is 0.507 e. The van der Waals surface area contributed by atoms with Crippen LogP contribution in [0, 0.1) is 23.7 Å². The molecule has 2 fully saturated rings. The first-order chi connectivity index (χ1) is 10.6. The van der Waals surface area contributed by atoms with Crippen LogP contribution in [-0.4, -0.2) is 28.1 Å². The van der Waals surface area contributed by atoms with Gasteiger partial charge in [0.1, 0.15) is 5.75 Å². The van der Waals surface area contributed by atoms with E-state index in [1.54, 1.807) is 12.1 Å². The van der Waals surface area contributed by atoms with Gasteiger partial charge in [0.05, 0.1) is 22.5 Å². The van der Waals surface area contributed by atoms with Crippen LogP contribution >= 0.6 is 15.9 Å². The van der Waals surface area contributed by atoms with E-state index in [9.17, 15) is 14.7 Å². The van der Waals surface area contributed by atoms with Gasteiger partial charge >= 0.3 is 0 Å². The van der Waals surface area contributed by atoms with Crippen LogP contribution in [0.1, 0.15) is 12.0 Å². The summed E-state index contributed by atoms with van der Waals surface area (Å²) in [7, 11) is 0. The number of aromatic hydroxyl groups is 1. The molecule has 5 nitrogen and oxygen atoms in total. The number of allylic oxidation sites excluding steroid dienone is 2. The number of phenols is 1. The molecule has 3 aliphatic rings. The predicted octanol–water partition coefficient (Wildman–Crippen LogP) is 2.30. The van der Waals surface area contributed by atoms with Crippen molar-refractivity contribution in [2.24, 2.45) is 28.8 Å². The van der Waals surface area contributed by atoms with Crippen molar-refractivity contribution in [2.45, 2.75) is 6.42 Å². The molecule has 0 aromatic heterocycles. The Morgan fingerprint density at radius 1 is 1.18 bits per heavy atom. The first-order valence-electron chi connectivity index (χ1n) is 7.15. The van der Waals surface area contributed by atoms with Crippen LogP contribution in [0.5, 0.6) is 5.75 Å². The molecule has 2 bridgehead atoms. The number of amides is 2. The molecule has 1 heterocycles. The zero-order chi connectivity index (χ0) is 15.4. The van der Waals surface area contributed by atoms with Crippen molar-refractivity contribution in [1.29, 1.82) is 0 Å². The average Bonchev–Trinajstić information content (AvgIpc) is 3.16. The minimum absolute atomic E-state index is 0.127. The maximum atomic E-state index is 12.4. The Labute approximate surface area is 135 Å². The molecule has 1 aliphatic heterocycles. The van der Waals surface area contributed by atoms with Crippen LogP contribution in [0.2, 0.25) is 0 Å². The Kier molecular flexibility index (Phi) is 2.97. The van der Waals surface area contributed by atoms with Crippen LogP contribution < -0.4 is 0 Å². The van der Waals surface area contributed by atoms with Gasteiger partial charge < -0.3 is 5.11 Å². The number of benzene rings is 1. The molecule has 1 N–H and O–H groups in total. The summed E-state index contributed by atoms with van der Waals surface area (Å²) in [5.41, 5.74) is 0.698. The zero-order valence-electron chi connectivity index (χ0n) is 11.5. The van der Waals surface area contributed by atoms with E-state index < -0.39 is 0 Å². The lowest BCUT2D eigenvalue weighted by Gasteiger charge is -2.13. The molecule has 2 aliphatic carbocycles. The monoisotopic (exact) mass is 360 g/mol. The molecule has 4 rings (SSSR count). The number of hydrazone groups is 1. The number of nitrogens with zero attached hydrogens (tertiary/aromatic N) is 2. The molecule has 0 spiro atoms. The first kappa shape index (κ1) is 13.7. The molecule has 6 heteroatoms. The highest BCUT2D eigenvalue weighted by Gasteiger charge is 2.59. The Hall–Kier alpha value is -1.95. The van der Waals surface area contributed by atoms with Crippen molar-refractivity contribution >= 4 is 34.0 Å². The lowest BCUT2D eigenvalue weighted by molar-refractivity contribution is -0.140. The molecule has 2 amide bonds. The smallest absolute Gasteiger partial charge is 0.254 e. The molecule has 1 saturated heterocycles. The second kappa shape index (κ2) is 4.78. The van der Waals surface area contributed by atoms with Crippen LogP contribution in [0.4, 0.5) is 0 Å². The number of imide groups is 1. The van der Waals surface area contributed by atoms with E-state index in [1.807, 2.05) is 0 Å². The predicted molar refractivity (Wildman–Crippen MR) is 83.0 cm³/mol. The highest BCUT2D eigenvalue weighted by atomic mass is 79.9. The molecule has 1 aromatic rings. The maximum absolute atomic E-state index is 12.4. The zero-order valence-corrected chi connectivity index (χ0v) is 13.1. The average molecular weight is 361 g/mol. The Bertz CT molecular complexity index is 713. The molecule has 4 atom stereocenters. The summed E-state index contributed by atoms with van der Waals surface area (Å²) in [4.78, 5) is 24.9. The summed E-state index contributed by atoms with van der Waals surface area (Å²) in [5.74, 6) is -0.342. The van der Waals surface area contributed by atoms with Crippen LogP contribution in [0.25, 0.3) is 0 Å². The third kappa shape index (κ3) is 1.86. The number of carbonyl (C=O) groups excluding carboxylic acids is 2. The van der Waals surface area contributed by atoms with E-state index in [-0.39, 0.29) is 41.2 Å². The molecule has 1 saturated carbocycles. The van der Waals surface area contributed by atoms with Gasteiger partial charge in [-0.25, -0.2) is 0 Å². The molecule has 1 aromatic carbocycles. The number of phenolic OH excluding ortho intramolecular Hbond substituents is 1. The Morgan fingerprint density at radius 3 is 2.41 bits per heavy atom. The Morgan fingerprint density at radius 2 is 1.82 bits per heavy atom. The fourth-order valence-corrected chi connectivity index (χ4v) is 4.12. The first-order valence-corrected chi connectivity index (χ1v) is 7.94. The van der Waals surface area contributed by atoms with E-state index >= 15 is 0 Å². The summed E-state index contributed by atoms with van der Waals surface area (Å²) >= 11 is 3.22. The summed E-state index contributed by atoms with van der Waals surface area (Å²) in [6.07, 6.45) is 6.49. The third-order valence-corrected chi connectivity index (χ3v) is 5.38. The minimum atomic E-state index is -0.230. The number of hydrogen-bond acceptors (Lipinski definition) is 4. The highest BCUT2D eigenvalue weighted by molar-refractivity contribution is 9.10. The van der Waals surface area contributed by atoms with E-state index in [0.717, 1.165) is 11.4 Å². The number of rotatable bonds is 2. The number of fused-ring (bicyclic) bond motifs is 5. The van der Waals surface area contributed by atoms with Crippen molar-refractivity contribution < 1.29 is 14.7 Å². The summed E-state index contributed by atoms with van der Waals surface area (Å²) < 4.78 is 0.537. The van der Waals surface area contributed by atoms with E-state index in [1.165, 1.54) is 12.3 Å². The summed E-state index contributed by atoms with van der Waals surface area (Å²) in [5, 5.41) is 14.6. The molecule has 22 heavy (non-hydrogen) atoms. The van der Waals surface area contributed by atoms with Gasteiger partial charge in [-0.2, -0.15) is 10.1 Å². The fourth-order valence-electron chi connectivity index (χ4n) is 3.73. The van der Waals surface area contributed by atoms with Gasteiger partial charge in [0.15, 0.2) is 0 Å². The van der Waals surface area contributed by atoms with Gasteiger partial charge in [0.25, 0.3) is 11.8 Å². The standard InChI is InChI=1S/C16H13BrN2O3/c17-11-5-8(1-4-12(11)20)7-18-19-15(21)13-9-2-3-10(6-9)14(13)16(19)22/h1-5,7,9-10,13-14,20H,6H2/b18-7+/t9-,10-,13-,14+/m0/s1. The lowest BCUT2D eigenvalue weighted by atomic mass is 9.85. The molecule has 0 radical (unpaired) electrons. The summed E-state index contributed by atoms with van der Waals surface area (Å²) in [6.45, 7) is 0. The van der Waals surface area contributed by atoms with Crippen molar-refractivity contribution in [3.05, 3.63) is 40.4 Å². The van der Waals surface area contributed by atoms with Gasteiger partial charge in [0.2, 0.25) is 0 Å². The Balaban J connectivity index is 1.59. The minimum Gasteiger partial charge on any atom is -0.507 e. The number of hydrogen-bond donors (Lipinski definition) is 1. The summed E-state index contributed by atoms with van der Waals surface area (Å²) in [6, 6.07) is 4.87. The van der Waals surface area contributed by atoms with Crippen LogP contribution in [-0.2, 0) is 9.59 Å². The van der Waals surface area contributed by atoms with Gasteiger partial charge in [0, 0.05) is 0 Å². The second-order valence-electron chi connectivity index (χ2n) is 5.94. The van der Waals surface area contributed by atoms with Gasteiger partial charge in [-0.1, -0.05) is 12.2 Å².